The van der Waals surface area contributed by atoms with E-state index in [1.54, 1.807) is 30.3 Å². The molecule has 1 unspecified atom stereocenters. The van der Waals surface area contributed by atoms with Gasteiger partial charge >= 0.3 is 5.97 Å². The Morgan fingerprint density at radius 3 is 2.75 bits per heavy atom. The summed E-state index contributed by atoms with van der Waals surface area (Å²) >= 11 is 0. The predicted molar refractivity (Wildman–Crippen MR) is 108 cm³/mol. The van der Waals surface area contributed by atoms with Crippen molar-refractivity contribution < 1.29 is 14.3 Å². The summed E-state index contributed by atoms with van der Waals surface area (Å²) in [6, 6.07) is 10.1. The minimum absolute atomic E-state index is 0.0837. The average molecular weight is 383 g/mol. The first-order valence-corrected chi connectivity index (χ1v) is 8.79. The Morgan fingerprint density at radius 2 is 2.11 bits per heavy atom. The maximum Gasteiger partial charge on any atom is 0.341 e. The Kier molecular flexibility index (Phi) is 7.08. The van der Waals surface area contributed by atoms with Crippen LogP contribution in [0, 0.1) is 17.7 Å². The van der Waals surface area contributed by atoms with Crippen LogP contribution in [0.5, 0.6) is 5.75 Å². The number of rotatable bonds is 8. The van der Waals surface area contributed by atoms with Gasteiger partial charge in [-0.25, -0.2) is 9.78 Å². The molecule has 28 heavy (non-hydrogen) atoms. The lowest BCUT2D eigenvalue weighted by Gasteiger charge is -2.26. The molecular formula is C20H25N5O3. The van der Waals surface area contributed by atoms with E-state index in [2.05, 4.69) is 4.98 Å². The van der Waals surface area contributed by atoms with Crippen LogP contribution in [0.1, 0.15) is 35.0 Å². The number of esters is 1. The average Bonchev–Trinajstić information content (AvgIpc) is 2.68. The number of hydrogen-bond acceptors (Lipinski definition) is 7. The fourth-order valence-electron chi connectivity index (χ4n) is 2.65. The highest BCUT2D eigenvalue weighted by molar-refractivity contribution is 6.01. The summed E-state index contributed by atoms with van der Waals surface area (Å²) in [5, 5.41) is 16.0. The molecule has 0 fully saturated rings. The van der Waals surface area contributed by atoms with Crippen LogP contribution in [0.4, 0.5) is 5.82 Å². The van der Waals surface area contributed by atoms with Crippen LogP contribution in [0.25, 0.3) is 0 Å². The van der Waals surface area contributed by atoms with E-state index in [9.17, 15) is 4.79 Å². The van der Waals surface area contributed by atoms with E-state index in [0.29, 0.717) is 35.9 Å². The molecule has 1 aromatic heterocycles. The Balaban J connectivity index is 2.03. The maximum absolute atomic E-state index is 11.9. The van der Waals surface area contributed by atoms with E-state index in [0.717, 1.165) is 11.9 Å². The summed E-state index contributed by atoms with van der Waals surface area (Å²) < 4.78 is 10.6. The molecule has 0 aliphatic carbocycles. The van der Waals surface area contributed by atoms with Gasteiger partial charge in [0, 0.05) is 12.5 Å². The molecule has 0 saturated heterocycles. The third-order valence-corrected chi connectivity index (χ3v) is 4.22. The van der Waals surface area contributed by atoms with Gasteiger partial charge in [0.2, 0.25) is 0 Å². The first-order chi connectivity index (χ1) is 13.4. The van der Waals surface area contributed by atoms with Crippen LogP contribution in [0.2, 0.25) is 0 Å². The normalized spacial score (nSPS) is 11.4. The first-order valence-electron chi connectivity index (χ1n) is 8.79. The van der Waals surface area contributed by atoms with Gasteiger partial charge in [-0.15, -0.1) is 0 Å². The molecule has 8 heteroatoms. The van der Waals surface area contributed by atoms with Crippen molar-refractivity contribution in [2.45, 2.75) is 26.3 Å². The zero-order valence-corrected chi connectivity index (χ0v) is 16.2. The molecule has 0 bridgehead atoms. The third-order valence-electron chi connectivity index (χ3n) is 4.22. The molecule has 2 aromatic rings. The third kappa shape index (κ3) is 5.06. The highest BCUT2D eigenvalue weighted by atomic mass is 16.5. The minimum atomic E-state index is -0.456. The van der Waals surface area contributed by atoms with Crippen molar-refractivity contribution in [3.05, 3.63) is 53.2 Å². The fourth-order valence-corrected chi connectivity index (χ4v) is 2.65. The smallest absolute Gasteiger partial charge is 0.341 e. The number of methoxy groups -OCH3 is 1. The number of ether oxygens (including phenoxy) is 2. The van der Waals surface area contributed by atoms with Gasteiger partial charge in [0.1, 0.15) is 22.8 Å². The van der Waals surface area contributed by atoms with Gasteiger partial charge < -0.3 is 20.1 Å². The zero-order chi connectivity index (χ0) is 20.7. The maximum atomic E-state index is 11.9. The van der Waals surface area contributed by atoms with E-state index in [4.69, 9.17) is 26.0 Å². The van der Waals surface area contributed by atoms with Crippen molar-refractivity contribution >= 4 is 24.0 Å². The van der Waals surface area contributed by atoms with Crippen molar-refractivity contribution in [1.29, 1.82) is 10.8 Å². The second-order valence-corrected chi connectivity index (χ2v) is 6.31. The van der Waals surface area contributed by atoms with Crippen LogP contribution in [-0.4, -0.2) is 47.8 Å². The Hall–Kier alpha value is -3.42. The summed E-state index contributed by atoms with van der Waals surface area (Å²) in [6.45, 7) is 4.07. The quantitative estimate of drug-likeness (QED) is 0.366. The van der Waals surface area contributed by atoms with Crippen molar-refractivity contribution in [1.82, 2.24) is 9.88 Å². The largest absolute Gasteiger partial charge is 0.493 e. The van der Waals surface area contributed by atoms with Crippen LogP contribution >= 0.6 is 0 Å². The van der Waals surface area contributed by atoms with Gasteiger partial charge in [0.05, 0.1) is 20.1 Å². The zero-order valence-electron chi connectivity index (χ0n) is 16.2. The van der Waals surface area contributed by atoms with Crippen molar-refractivity contribution in [3.63, 3.8) is 0 Å². The van der Waals surface area contributed by atoms with Gasteiger partial charge in [0.15, 0.2) is 5.84 Å². The molecule has 0 amide bonds. The number of hydrogen-bond donors (Lipinski definition) is 3. The Bertz CT molecular complexity index is 869. The van der Waals surface area contributed by atoms with E-state index in [1.165, 1.54) is 12.0 Å². The van der Waals surface area contributed by atoms with E-state index in [-0.39, 0.29) is 11.9 Å². The molecule has 1 aromatic carbocycles. The van der Waals surface area contributed by atoms with Crippen LogP contribution in [0.15, 0.2) is 36.4 Å². The highest BCUT2D eigenvalue weighted by Gasteiger charge is 2.19. The van der Waals surface area contributed by atoms with Crippen LogP contribution < -0.4 is 10.5 Å². The molecule has 8 nitrogen and oxygen atoms in total. The number of carbonyl (C=O) groups excluding carboxylic acids is 1. The number of carbonyl (C=O) groups is 1. The number of nitrogen functional groups attached to an aromatic ring is 1. The number of anilines is 1. The summed E-state index contributed by atoms with van der Waals surface area (Å²) in [4.78, 5) is 17.5. The molecule has 0 aliphatic rings. The van der Waals surface area contributed by atoms with E-state index in [1.807, 2.05) is 19.9 Å². The Labute approximate surface area is 164 Å². The van der Waals surface area contributed by atoms with Crippen molar-refractivity contribution in [2.75, 3.05) is 19.5 Å². The molecule has 0 aliphatic heterocycles. The van der Waals surface area contributed by atoms with Gasteiger partial charge in [-0.2, -0.15) is 0 Å². The monoisotopic (exact) mass is 383 g/mol. The fraction of sp³-hybridized carbons (Fsp3) is 0.300. The summed E-state index contributed by atoms with van der Waals surface area (Å²) in [6.07, 6.45) is 1.61. The van der Waals surface area contributed by atoms with E-state index < -0.39 is 5.97 Å². The number of nitrogens with one attached hydrogen (secondary N) is 2. The number of pyridine rings is 1. The minimum Gasteiger partial charge on any atom is -0.493 e. The summed E-state index contributed by atoms with van der Waals surface area (Å²) in [7, 11) is 1.33. The SMILES string of the molecule is COC(=O)c1cc(C)ccc1OCCC(C)N(C=N)C(=N)c1cccc(N)n1. The lowest BCUT2D eigenvalue weighted by Crippen LogP contribution is -2.38. The topological polar surface area (TPSA) is 125 Å². The van der Waals surface area contributed by atoms with Gasteiger partial charge in [-0.05, 0) is 38.1 Å². The first kappa shape index (κ1) is 20.9. The van der Waals surface area contributed by atoms with Crippen LogP contribution in [0.3, 0.4) is 0 Å². The van der Waals surface area contributed by atoms with Crippen molar-refractivity contribution in [2.24, 2.45) is 0 Å². The molecule has 2 rings (SSSR count). The molecule has 148 valence electrons. The molecule has 0 radical (unpaired) electrons. The predicted octanol–water partition coefficient (Wildman–Crippen LogP) is 2.85. The lowest BCUT2D eigenvalue weighted by atomic mass is 10.1. The molecule has 0 saturated carbocycles. The van der Waals surface area contributed by atoms with Crippen molar-refractivity contribution in [3.8, 4) is 5.75 Å². The Morgan fingerprint density at radius 1 is 1.36 bits per heavy atom. The van der Waals surface area contributed by atoms with Gasteiger partial charge in [-0.3, -0.25) is 10.8 Å². The van der Waals surface area contributed by atoms with Crippen LogP contribution in [-0.2, 0) is 4.74 Å². The number of nitrogens with zero attached hydrogens (tertiary/aromatic N) is 2. The second-order valence-electron chi connectivity index (χ2n) is 6.31. The van der Waals surface area contributed by atoms with Gasteiger partial charge in [-0.1, -0.05) is 17.7 Å². The molecule has 1 atom stereocenters. The summed E-state index contributed by atoms with van der Waals surface area (Å²) in [5.41, 5.74) is 7.37. The number of nitrogens with two attached hydrogens (primary N) is 1. The number of aryl methyl sites for hydroxylation is 1. The number of amidine groups is 1. The standard InChI is InChI=1S/C20H25N5O3/c1-13-7-8-17(15(11-13)20(26)27-3)28-10-9-14(2)25(12-21)19(23)16-5-4-6-18(22)24-16/h4-8,11-12,14,21,23H,9-10H2,1-3H3,(H2,22,24). The molecular weight excluding hydrogens is 358 g/mol. The lowest BCUT2D eigenvalue weighted by molar-refractivity contribution is 0.0595. The molecule has 1 heterocycles. The van der Waals surface area contributed by atoms with E-state index >= 15 is 0 Å². The second kappa shape index (κ2) is 9.50. The molecule has 4 N–H and O–H groups in total. The number of aromatic nitrogens is 1. The highest BCUT2D eigenvalue weighted by Crippen LogP contribution is 2.21. The summed E-state index contributed by atoms with van der Waals surface area (Å²) in [5.74, 6) is 0.388. The molecule has 0 spiro atoms. The van der Waals surface area contributed by atoms with Gasteiger partial charge in [0.25, 0.3) is 0 Å². The number of benzene rings is 1.